The Morgan fingerprint density at radius 3 is 2.72 bits per heavy atom. The van der Waals surface area contributed by atoms with Crippen molar-refractivity contribution in [3.05, 3.63) is 0 Å². The zero-order valence-corrected chi connectivity index (χ0v) is 11.2. The lowest BCUT2D eigenvalue weighted by atomic mass is 10.1. The lowest BCUT2D eigenvalue weighted by Gasteiger charge is -2.16. The van der Waals surface area contributed by atoms with Gasteiger partial charge in [0.25, 0.3) is 0 Å². The summed E-state index contributed by atoms with van der Waals surface area (Å²) in [7, 11) is 0. The van der Waals surface area contributed by atoms with E-state index in [2.05, 4.69) is 13.8 Å². The molecule has 18 heavy (non-hydrogen) atoms. The number of likely N-dealkylation sites (tertiary alicyclic amines) is 1. The Morgan fingerprint density at radius 2 is 2.11 bits per heavy atom. The van der Waals surface area contributed by atoms with Crippen molar-refractivity contribution >= 4 is 11.9 Å². The summed E-state index contributed by atoms with van der Waals surface area (Å²) in [5, 5.41) is 8.53. The number of ether oxygens (including phenoxy) is 1. The van der Waals surface area contributed by atoms with Crippen molar-refractivity contribution in [1.29, 1.82) is 0 Å². The highest BCUT2D eigenvalue weighted by Crippen LogP contribution is 2.15. The van der Waals surface area contributed by atoms with Crippen LogP contribution in [0.4, 0.5) is 0 Å². The van der Waals surface area contributed by atoms with E-state index in [1.807, 2.05) is 0 Å². The first kappa shape index (κ1) is 15.0. The van der Waals surface area contributed by atoms with Crippen LogP contribution in [0.3, 0.4) is 0 Å². The third-order valence-electron chi connectivity index (χ3n) is 3.10. The fourth-order valence-electron chi connectivity index (χ4n) is 1.93. The molecule has 0 aliphatic carbocycles. The van der Waals surface area contributed by atoms with Crippen LogP contribution in [0.5, 0.6) is 0 Å². The Morgan fingerprint density at radius 1 is 1.39 bits per heavy atom. The quantitative estimate of drug-likeness (QED) is 0.751. The van der Waals surface area contributed by atoms with Crippen molar-refractivity contribution in [1.82, 2.24) is 4.90 Å². The molecule has 1 aliphatic rings. The fraction of sp³-hybridized carbons (Fsp3) is 0.846. The summed E-state index contributed by atoms with van der Waals surface area (Å²) < 4.78 is 5.71. The molecular formula is C13H23NO4. The predicted octanol–water partition coefficient (Wildman–Crippen LogP) is 1.51. The molecule has 0 spiro atoms. The number of carbonyl (C=O) groups excluding carboxylic acids is 1. The van der Waals surface area contributed by atoms with Crippen LogP contribution < -0.4 is 0 Å². The molecule has 104 valence electrons. The van der Waals surface area contributed by atoms with Gasteiger partial charge in [-0.1, -0.05) is 13.8 Å². The second-order valence-electron chi connectivity index (χ2n) is 5.20. The lowest BCUT2D eigenvalue weighted by Crippen LogP contribution is -2.30. The molecule has 1 N–H and O–H groups in total. The van der Waals surface area contributed by atoms with E-state index >= 15 is 0 Å². The Hall–Kier alpha value is -1.10. The summed E-state index contributed by atoms with van der Waals surface area (Å²) in [6.07, 6.45) is 2.01. The molecule has 1 aliphatic heterocycles. The first-order chi connectivity index (χ1) is 8.49. The van der Waals surface area contributed by atoms with Crippen molar-refractivity contribution in [2.45, 2.75) is 45.6 Å². The van der Waals surface area contributed by atoms with Gasteiger partial charge >= 0.3 is 5.97 Å². The topological polar surface area (TPSA) is 66.8 Å². The van der Waals surface area contributed by atoms with Gasteiger partial charge < -0.3 is 14.7 Å². The molecule has 1 saturated heterocycles. The van der Waals surface area contributed by atoms with Gasteiger partial charge in [-0.25, -0.2) is 0 Å². The zero-order valence-electron chi connectivity index (χ0n) is 11.2. The van der Waals surface area contributed by atoms with Crippen LogP contribution in [0.1, 0.15) is 39.5 Å². The van der Waals surface area contributed by atoms with Crippen LogP contribution in [-0.4, -0.2) is 47.7 Å². The van der Waals surface area contributed by atoms with E-state index in [0.29, 0.717) is 19.0 Å². The number of carbonyl (C=O) groups is 2. The van der Waals surface area contributed by atoms with Crippen molar-refractivity contribution in [2.75, 3.05) is 19.7 Å². The number of nitrogens with zero attached hydrogens (tertiary/aromatic N) is 1. The highest BCUT2D eigenvalue weighted by molar-refractivity contribution is 5.80. The minimum absolute atomic E-state index is 0.0765. The van der Waals surface area contributed by atoms with E-state index in [4.69, 9.17) is 9.84 Å². The molecule has 0 radical (unpaired) electrons. The highest BCUT2D eigenvalue weighted by Gasteiger charge is 2.26. The standard InChI is InChI=1S/C13H23NO4/c1-10(2)6-8-18-11-5-7-14(9-11)12(15)3-4-13(16)17/h10-11H,3-9H2,1-2H3,(H,16,17). The number of amides is 1. The van der Waals surface area contributed by atoms with Crippen LogP contribution in [0, 0.1) is 5.92 Å². The van der Waals surface area contributed by atoms with Crippen molar-refractivity contribution < 1.29 is 19.4 Å². The maximum atomic E-state index is 11.7. The molecule has 1 heterocycles. The minimum Gasteiger partial charge on any atom is -0.481 e. The number of rotatable bonds is 7. The lowest BCUT2D eigenvalue weighted by molar-refractivity contribution is -0.140. The number of carboxylic acid groups (broad SMARTS) is 1. The first-order valence-corrected chi connectivity index (χ1v) is 6.60. The van der Waals surface area contributed by atoms with Gasteiger partial charge in [0.05, 0.1) is 12.5 Å². The largest absolute Gasteiger partial charge is 0.481 e. The summed E-state index contributed by atoms with van der Waals surface area (Å²) in [4.78, 5) is 23.8. The highest BCUT2D eigenvalue weighted by atomic mass is 16.5. The average Bonchev–Trinajstić information content (AvgIpc) is 2.74. The molecule has 1 rings (SSSR count). The zero-order chi connectivity index (χ0) is 13.5. The summed E-state index contributed by atoms with van der Waals surface area (Å²) in [5.41, 5.74) is 0. The predicted molar refractivity (Wildman–Crippen MR) is 67.3 cm³/mol. The maximum absolute atomic E-state index is 11.7. The molecule has 1 amide bonds. The van der Waals surface area contributed by atoms with Crippen LogP contribution in [0.2, 0.25) is 0 Å². The van der Waals surface area contributed by atoms with Crippen molar-refractivity contribution in [3.63, 3.8) is 0 Å². The molecule has 0 aromatic rings. The van der Waals surface area contributed by atoms with Crippen LogP contribution in [0.15, 0.2) is 0 Å². The van der Waals surface area contributed by atoms with E-state index < -0.39 is 5.97 Å². The molecule has 0 saturated carbocycles. The normalized spacial score (nSPS) is 19.5. The smallest absolute Gasteiger partial charge is 0.303 e. The van der Waals surface area contributed by atoms with Crippen molar-refractivity contribution in [2.24, 2.45) is 5.92 Å². The monoisotopic (exact) mass is 257 g/mol. The van der Waals surface area contributed by atoms with Gasteiger partial charge in [-0.05, 0) is 18.8 Å². The number of carboxylic acids is 1. The Kier molecular flexibility index (Phi) is 6.12. The van der Waals surface area contributed by atoms with Crippen LogP contribution >= 0.6 is 0 Å². The van der Waals surface area contributed by atoms with Crippen molar-refractivity contribution in [3.8, 4) is 0 Å². The molecule has 1 atom stereocenters. The number of aliphatic carboxylic acids is 1. The molecule has 1 unspecified atom stereocenters. The van der Waals surface area contributed by atoms with Gasteiger partial charge in [0.15, 0.2) is 0 Å². The molecule has 1 fully saturated rings. The average molecular weight is 257 g/mol. The van der Waals surface area contributed by atoms with Gasteiger partial charge in [0.2, 0.25) is 5.91 Å². The second-order valence-corrected chi connectivity index (χ2v) is 5.20. The van der Waals surface area contributed by atoms with Gasteiger partial charge in [0.1, 0.15) is 0 Å². The SMILES string of the molecule is CC(C)CCOC1CCN(C(=O)CCC(=O)O)C1. The molecule has 0 aromatic heterocycles. The maximum Gasteiger partial charge on any atom is 0.303 e. The summed E-state index contributed by atoms with van der Waals surface area (Å²) in [6.45, 7) is 6.33. The van der Waals surface area contributed by atoms with Gasteiger partial charge in [0, 0.05) is 26.1 Å². The summed E-state index contributed by atoms with van der Waals surface area (Å²) in [6, 6.07) is 0. The number of hydrogen-bond acceptors (Lipinski definition) is 3. The Labute approximate surface area is 108 Å². The van der Waals surface area contributed by atoms with E-state index in [9.17, 15) is 9.59 Å². The second kappa shape index (κ2) is 7.36. The fourth-order valence-corrected chi connectivity index (χ4v) is 1.93. The van der Waals surface area contributed by atoms with Crippen LogP contribution in [0.25, 0.3) is 0 Å². The number of hydrogen-bond donors (Lipinski definition) is 1. The van der Waals surface area contributed by atoms with E-state index in [-0.39, 0.29) is 24.9 Å². The van der Waals surface area contributed by atoms with E-state index in [0.717, 1.165) is 19.4 Å². The third kappa shape index (κ3) is 5.49. The molecule has 5 nitrogen and oxygen atoms in total. The molecule has 5 heteroatoms. The van der Waals surface area contributed by atoms with E-state index in [1.54, 1.807) is 4.90 Å². The van der Waals surface area contributed by atoms with Gasteiger partial charge in [-0.15, -0.1) is 0 Å². The summed E-state index contributed by atoms with van der Waals surface area (Å²) in [5.74, 6) is -0.376. The van der Waals surface area contributed by atoms with E-state index in [1.165, 1.54) is 0 Å². The molecule has 0 bridgehead atoms. The van der Waals surface area contributed by atoms with Crippen LogP contribution in [-0.2, 0) is 14.3 Å². The minimum atomic E-state index is -0.924. The van der Waals surface area contributed by atoms with Gasteiger partial charge in [-0.2, -0.15) is 0 Å². The Bertz CT molecular complexity index is 291. The van der Waals surface area contributed by atoms with Gasteiger partial charge in [-0.3, -0.25) is 9.59 Å². The Balaban J connectivity index is 2.19. The first-order valence-electron chi connectivity index (χ1n) is 6.60. The molecule has 0 aromatic carbocycles. The molecular weight excluding hydrogens is 234 g/mol. The third-order valence-corrected chi connectivity index (χ3v) is 3.10. The summed E-state index contributed by atoms with van der Waals surface area (Å²) >= 11 is 0.